The first-order chi connectivity index (χ1) is 11.0. The van der Waals surface area contributed by atoms with Crippen LogP contribution in [0.25, 0.3) is 16.2 Å². The molecule has 3 aromatic rings. The Labute approximate surface area is 144 Å². The fourth-order valence-electron chi connectivity index (χ4n) is 2.08. The van der Waals surface area contributed by atoms with E-state index in [1.165, 1.54) is 28.2 Å². The minimum atomic E-state index is -0.726. The van der Waals surface area contributed by atoms with E-state index in [1.807, 2.05) is 0 Å². The normalized spacial score (nSPS) is 10.9. The molecule has 9 heteroatoms. The summed E-state index contributed by atoms with van der Waals surface area (Å²) in [6.45, 7) is 1.81. The second-order valence-corrected chi connectivity index (χ2v) is 6.07. The molecule has 0 radical (unpaired) electrons. The zero-order chi connectivity index (χ0) is 16.6. The number of carbonyl (C=O) groups is 1. The van der Waals surface area contributed by atoms with Crippen LogP contribution in [0.2, 0.25) is 10.2 Å². The number of hydrogen-bond acceptors (Lipinski definition) is 6. The molecule has 0 aliphatic heterocycles. The van der Waals surface area contributed by atoms with Crippen LogP contribution in [-0.2, 0) is 4.74 Å². The van der Waals surface area contributed by atoms with Crippen LogP contribution in [0.5, 0.6) is 0 Å². The van der Waals surface area contributed by atoms with Gasteiger partial charge in [-0.3, -0.25) is 9.36 Å². The number of esters is 1. The van der Waals surface area contributed by atoms with Gasteiger partial charge in [0.25, 0.3) is 0 Å². The van der Waals surface area contributed by atoms with E-state index in [2.05, 4.69) is 9.97 Å². The van der Waals surface area contributed by atoms with Crippen molar-refractivity contribution in [2.24, 2.45) is 0 Å². The van der Waals surface area contributed by atoms with Crippen molar-refractivity contribution in [3.05, 3.63) is 49.8 Å². The summed E-state index contributed by atoms with van der Waals surface area (Å²) < 4.78 is 6.44. The van der Waals surface area contributed by atoms with Crippen molar-refractivity contribution in [3.8, 4) is 5.13 Å². The monoisotopic (exact) mass is 369 g/mol. The van der Waals surface area contributed by atoms with Crippen LogP contribution in [0, 0.1) is 0 Å². The lowest BCUT2D eigenvalue weighted by molar-refractivity contribution is 0.0524. The Morgan fingerprint density at radius 3 is 2.87 bits per heavy atom. The highest BCUT2D eigenvalue weighted by Crippen LogP contribution is 2.26. The van der Waals surface area contributed by atoms with Gasteiger partial charge >= 0.3 is 5.97 Å². The van der Waals surface area contributed by atoms with Gasteiger partial charge in [0, 0.05) is 17.8 Å². The van der Waals surface area contributed by atoms with Gasteiger partial charge in [0.2, 0.25) is 5.43 Å². The molecule has 0 aliphatic carbocycles. The molecule has 0 aliphatic rings. The van der Waals surface area contributed by atoms with Gasteiger partial charge in [-0.2, -0.15) is 0 Å². The molecule has 0 unspecified atom stereocenters. The molecule has 0 amide bonds. The zero-order valence-corrected chi connectivity index (χ0v) is 14.1. The Balaban J connectivity index is 2.43. The third-order valence-electron chi connectivity index (χ3n) is 3.00. The number of halogens is 2. The Morgan fingerprint density at radius 1 is 1.43 bits per heavy atom. The van der Waals surface area contributed by atoms with Gasteiger partial charge in [0.1, 0.15) is 10.7 Å². The highest BCUT2D eigenvalue weighted by molar-refractivity contribution is 7.12. The van der Waals surface area contributed by atoms with E-state index >= 15 is 0 Å². The predicted molar refractivity (Wildman–Crippen MR) is 89.0 cm³/mol. The fraction of sp³-hybridized carbons (Fsp3) is 0.143. The minimum absolute atomic E-state index is 0.0943. The van der Waals surface area contributed by atoms with Crippen LogP contribution in [0.1, 0.15) is 17.3 Å². The lowest BCUT2D eigenvalue weighted by Crippen LogP contribution is -2.21. The smallest absolute Gasteiger partial charge is 0.343 e. The molecule has 3 heterocycles. The molecule has 0 bridgehead atoms. The van der Waals surface area contributed by atoms with E-state index in [1.54, 1.807) is 18.5 Å². The average molecular weight is 370 g/mol. The lowest BCUT2D eigenvalue weighted by atomic mass is 10.2. The highest BCUT2D eigenvalue weighted by Gasteiger charge is 2.21. The van der Waals surface area contributed by atoms with E-state index in [-0.39, 0.29) is 33.4 Å². The maximum Gasteiger partial charge on any atom is 0.343 e. The second-order valence-electron chi connectivity index (χ2n) is 4.40. The number of carbonyl (C=O) groups excluding carboxylic acids is 1. The predicted octanol–water partition coefficient (Wildman–Crippen LogP) is 3.33. The molecule has 0 spiro atoms. The van der Waals surface area contributed by atoms with Crippen molar-refractivity contribution in [1.82, 2.24) is 14.5 Å². The molecule has 6 nitrogen and oxygen atoms in total. The van der Waals surface area contributed by atoms with Gasteiger partial charge in [0.05, 0.1) is 17.0 Å². The third-order valence-corrected chi connectivity index (χ3v) is 4.26. The number of rotatable bonds is 3. The number of nitrogens with zero attached hydrogens (tertiary/aromatic N) is 3. The summed E-state index contributed by atoms with van der Waals surface area (Å²) in [4.78, 5) is 33.0. The molecule has 0 saturated heterocycles. The molecule has 0 atom stereocenters. The highest BCUT2D eigenvalue weighted by atomic mass is 35.5. The van der Waals surface area contributed by atoms with Crippen LogP contribution in [0.15, 0.2) is 28.6 Å². The quantitative estimate of drug-likeness (QED) is 0.522. The Morgan fingerprint density at radius 2 is 2.22 bits per heavy atom. The molecular weight excluding hydrogens is 361 g/mol. The largest absolute Gasteiger partial charge is 0.462 e. The number of pyridine rings is 2. The van der Waals surface area contributed by atoms with Gasteiger partial charge in [-0.15, -0.1) is 11.3 Å². The summed E-state index contributed by atoms with van der Waals surface area (Å²) in [6, 6.07) is 1.36. The van der Waals surface area contributed by atoms with Crippen molar-refractivity contribution >= 4 is 51.5 Å². The zero-order valence-electron chi connectivity index (χ0n) is 11.7. The van der Waals surface area contributed by atoms with E-state index in [0.29, 0.717) is 5.13 Å². The van der Waals surface area contributed by atoms with E-state index in [0.717, 1.165) is 0 Å². The maximum absolute atomic E-state index is 12.6. The minimum Gasteiger partial charge on any atom is -0.462 e. The molecule has 0 N–H and O–H groups in total. The molecule has 0 saturated carbocycles. The number of thiazole rings is 1. The molecule has 23 heavy (non-hydrogen) atoms. The molecule has 3 aromatic heterocycles. The topological polar surface area (TPSA) is 74.1 Å². The summed E-state index contributed by atoms with van der Waals surface area (Å²) in [5.74, 6) is -0.726. The van der Waals surface area contributed by atoms with E-state index in [4.69, 9.17) is 27.9 Å². The van der Waals surface area contributed by atoms with Crippen LogP contribution in [-0.4, -0.2) is 27.1 Å². The van der Waals surface area contributed by atoms with Crippen LogP contribution >= 0.6 is 34.5 Å². The Bertz CT molecular complexity index is 954. The van der Waals surface area contributed by atoms with Crippen molar-refractivity contribution in [3.63, 3.8) is 0 Å². The average Bonchev–Trinajstić information content (AvgIpc) is 3.01. The van der Waals surface area contributed by atoms with Crippen molar-refractivity contribution in [1.29, 1.82) is 0 Å². The summed E-state index contributed by atoms with van der Waals surface area (Å²) in [5.41, 5.74) is -0.462. The standard InChI is InChI=1S/C14H9Cl2N3O3S/c1-2-22-13(21)7-6-19(14-17-3-4-23-14)12-10(11(7)20)8(15)5-9(16)18-12/h3-6H,2H2,1H3. The first kappa shape index (κ1) is 15.9. The molecule has 0 fully saturated rings. The first-order valence-corrected chi connectivity index (χ1v) is 8.15. The maximum atomic E-state index is 12.6. The van der Waals surface area contributed by atoms with Crippen LogP contribution < -0.4 is 5.43 Å². The van der Waals surface area contributed by atoms with E-state index in [9.17, 15) is 9.59 Å². The van der Waals surface area contributed by atoms with Gasteiger partial charge < -0.3 is 4.74 Å². The molecular formula is C14H9Cl2N3O3S. The van der Waals surface area contributed by atoms with Gasteiger partial charge in [-0.1, -0.05) is 23.2 Å². The van der Waals surface area contributed by atoms with Crippen molar-refractivity contribution in [2.45, 2.75) is 6.92 Å². The van der Waals surface area contributed by atoms with Gasteiger partial charge in [-0.25, -0.2) is 14.8 Å². The summed E-state index contributed by atoms with van der Waals surface area (Å²) in [7, 11) is 0. The molecule has 3 rings (SSSR count). The number of hydrogen-bond donors (Lipinski definition) is 0. The van der Waals surface area contributed by atoms with Crippen molar-refractivity contribution < 1.29 is 9.53 Å². The Kier molecular flexibility index (Phi) is 4.34. The Hall–Kier alpha value is -1.96. The van der Waals surface area contributed by atoms with Crippen molar-refractivity contribution in [2.75, 3.05) is 6.61 Å². The summed E-state index contributed by atoms with van der Waals surface area (Å²) in [6.07, 6.45) is 2.95. The second kappa shape index (κ2) is 6.27. The van der Waals surface area contributed by atoms with Gasteiger partial charge in [0.15, 0.2) is 10.8 Å². The summed E-state index contributed by atoms with van der Waals surface area (Å²) >= 11 is 13.4. The fourth-order valence-corrected chi connectivity index (χ4v) is 3.21. The van der Waals surface area contributed by atoms with Crippen LogP contribution in [0.3, 0.4) is 0 Å². The third kappa shape index (κ3) is 2.83. The number of fused-ring (bicyclic) bond motifs is 1. The SMILES string of the molecule is CCOC(=O)c1cn(-c2nccs2)c2nc(Cl)cc(Cl)c2c1=O. The number of aromatic nitrogens is 3. The van der Waals surface area contributed by atoms with Gasteiger partial charge in [-0.05, 0) is 13.0 Å². The molecule has 118 valence electrons. The summed E-state index contributed by atoms with van der Waals surface area (Å²) in [5, 5.41) is 2.62. The van der Waals surface area contributed by atoms with Crippen LogP contribution in [0.4, 0.5) is 0 Å². The van der Waals surface area contributed by atoms with E-state index < -0.39 is 11.4 Å². The lowest BCUT2D eigenvalue weighted by Gasteiger charge is -2.11. The number of ether oxygens (including phenoxy) is 1. The first-order valence-electron chi connectivity index (χ1n) is 6.51. The molecule has 0 aromatic carbocycles.